The third-order valence-corrected chi connectivity index (χ3v) is 3.34. The smallest absolute Gasteiger partial charge is 0.310 e. The van der Waals surface area contributed by atoms with E-state index in [-0.39, 0.29) is 30.8 Å². The van der Waals surface area contributed by atoms with E-state index in [1.807, 2.05) is 26.0 Å². The van der Waals surface area contributed by atoms with Gasteiger partial charge in [-0.25, -0.2) is 0 Å². The standard InChI is InChI=1S/C16H23NO4/c1-10-6-11(2)13(14(7-10)20-4)8-15(18)17-9-12(3)16(19)21-5/h6-7,12H,8-9H2,1-5H3,(H,17,18). The van der Waals surface area contributed by atoms with Crippen LogP contribution in [-0.2, 0) is 20.7 Å². The highest BCUT2D eigenvalue weighted by Gasteiger charge is 2.16. The number of nitrogens with one attached hydrogen (secondary N) is 1. The van der Waals surface area contributed by atoms with Crippen molar-refractivity contribution < 1.29 is 19.1 Å². The summed E-state index contributed by atoms with van der Waals surface area (Å²) in [7, 11) is 2.93. The van der Waals surface area contributed by atoms with Crippen LogP contribution in [-0.4, -0.2) is 32.6 Å². The van der Waals surface area contributed by atoms with Gasteiger partial charge in [0, 0.05) is 12.1 Å². The number of carbonyl (C=O) groups is 2. The average molecular weight is 293 g/mol. The highest BCUT2D eigenvalue weighted by atomic mass is 16.5. The molecule has 0 aliphatic rings. The fraction of sp³-hybridized carbons (Fsp3) is 0.500. The Morgan fingerprint density at radius 1 is 1.24 bits per heavy atom. The summed E-state index contributed by atoms with van der Waals surface area (Å²) < 4.78 is 9.96. The maximum absolute atomic E-state index is 12.0. The second-order valence-corrected chi connectivity index (χ2v) is 5.17. The van der Waals surface area contributed by atoms with Crippen molar-refractivity contribution in [2.75, 3.05) is 20.8 Å². The van der Waals surface area contributed by atoms with Crippen LogP contribution in [0.25, 0.3) is 0 Å². The minimum Gasteiger partial charge on any atom is -0.496 e. The summed E-state index contributed by atoms with van der Waals surface area (Å²) >= 11 is 0. The number of esters is 1. The van der Waals surface area contributed by atoms with Crippen LogP contribution in [0.2, 0.25) is 0 Å². The van der Waals surface area contributed by atoms with Gasteiger partial charge in [-0.2, -0.15) is 0 Å². The molecule has 0 aliphatic heterocycles. The Kier molecular flexibility index (Phi) is 6.21. The van der Waals surface area contributed by atoms with Crippen LogP contribution in [0.3, 0.4) is 0 Å². The van der Waals surface area contributed by atoms with E-state index in [9.17, 15) is 9.59 Å². The van der Waals surface area contributed by atoms with Gasteiger partial charge in [-0.1, -0.05) is 13.0 Å². The van der Waals surface area contributed by atoms with Crippen LogP contribution in [0.1, 0.15) is 23.6 Å². The lowest BCUT2D eigenvalue weighted by atomic mass is 10.0. The van der Waals surface area contributed by atoms with Crippen molar-refractivity contribution >= 4 is 11.9 Å². The molecule has 1 rings (SSSR count). The first-order chi connectivity index (χ1) is 9.88. The lowest BCUT2D eigenvalue weighted by Crippen LogP contribution is -2.33. The van der Waals surface area contributed by atoms with E-state index < -0.39 is 0 Å². The van der Waals surface area contributed by atoms with Gasteiger partial charge in [-0.05, 0) is 31.0 Å². The van der Waals surface area contributed by atoms with Gasteiger partial charge in [0.05, 0.1) is 26.6 Å². The number of aryl methyl sites for hydroxylation is 2. The molecule has 1 aromatic rings. The van der Waals surface area contributed by atoms with Crippen molar-refractivity contribution in [3.63, 3.8) is 0 Å². The SMILES string of the molecule is COC(=O)C(C)CNC(=O)Cc1c(C)cc(C)cc1OC. The molecule has 5 heteroatoms. The minimum absolute atomic E-state index is 0.143. The van der Waals surface area contributed by atoms with Crippen LogP contribution in [0.5, 0.6) is 5.75 Å². The van der Waals surface area contributed by atoms with Gasteiger partial charge in [-0.15, -0.1) is 0 Å². The Balaban J connectivity index is 2.69. The molecule has 0 saturated heterocycles. The van der Waals surface area contributed by atoms with Gasteiger partial charge in [0.1, 0.15) is 5.75 Å². The predicted molar refractivity (Wildman–Crippen MR) is 80.4 cm³/mol. The van der Waals surface area contributed by atoms with Crippen LogP contribution in [0, 0.1) is 19.8 Å². The molecule has 116 valence electrons. The summed E-state index contributed by atoms with van der Waals surface area (Å²) in [6, 6.07) is 3.93. The van der Waals surface area contributed by atoms with E-state index in [0.29, 0.717) is 5.75 Å². The van der Waals surface area contributed by atoms with Gasteiger partial charge >= 0.3 is 5.97 Å². The molecule has 0 aliphatic carbocycles. The Bertz CT molecular complexity index is 525. The lowest BCUT2D eigenvalue weighted by Gasteiger charge is -2.14. The minimum atomic E-state index is -0.361. The van der Waals surface area contributed by atoms with Crippen molar-refractivity contribution in [3.05, 3.63) is 28.8 Å². The molecule has 1 unspecified atom stereocenters. The normalized spacial score (nSPS) is 11.7. The van der Waals surface area contributed by atoms with Crippen molar-refractivity contribution in [3.8, 4) is 5.75 Å². The number of hydrogen-bond donors (Lipinski definition) is 1. The molecule has 1 atom stereocenters. The second kappa shape index (κ2) is 7.67. The highest BCUT2D eigenvalue weighted by molar-refractivity contribution is 5.80. The molecule has 0 heterocycles. The fourth-order valence-corrected chi connectivity index (χ4v) is 2.14. The zero-order valence-corrected chi connectivity index (χ0v) is 13.3. The molecule has 0 radical (unpaired) electrons. The largest absolute Gasteiger partial charge is 0.496 e. The summed E-state index contributed by atoms with van der Waals surface area (Å²) in [4.78, 5) is 23.3. The van der Waals surface area contributed by atoms with Crippen LogP contribution < -0.4 is 10.1 Å². The first-order valence-electron chi connectivity index (χ1n) is 6.87. The van der Waals surface area contributed by atoms with Crippen molar-refractivity contribution in [1.29, 1.82) is 0 Å². The Morgan fingerprint density at radius 3 is 2.48 bits per heavy atom. The van der Waals surface area contributed by atoms with E-state index in [0.717, 1.165) is 16.7 Å². The highest BCUT2D eigenvalue weighted by Crippen LogP contribution is 2.24. The number of rotatable bonds is 6. The molecule has 1 amide bonds. The molecule has 0 saturated carbocycles. The maximum Gasteiger partial charge on any atom is 0.310 e. The number of ether oxygens (including phenoxy) is 2. The van der Waals surface area contributed by atoms with Gasteiger partial charge in [-0.3, -0.25) is 9.59 Å². The molecule has 0 fully saturated rings. The van der Waals surface area contributed by atoms with E-state index in [1.165, 1.54) is 7.11 Å². The molecule has 1 aromatic carbocycles. The van der Waals surface area contributed by atoms with E-state index >= 15 is 0 Å². The summed E-state index contributed by atoms with van der Waals surface area (Å²) in [5.74, 6) is -0.126. The Morgan fingerprint density at radius 2 is 1.90 bits per heavy atom. The molecule has 0 aromatic heterocycles. The van der Waals surface area contributed by atoms with Crippen LogP contribution in [0.15, 0.2) is 12.1 Å². The Hall–Kier alpha value is -2.04. The molecular formula is C16H23NO4. The van der Waals surface area contributed by atoms with Gasteiger partial charge < -0.3 is 14.8 Å². The first-order valence-corrected chi connectivity index (χ1v) is 6.87. The summed E-state index contributed by atoms with van der Waals surface area (Å²) in [5.41, 5.74) is 2.97. The molecule has 1 N–H and O–H groups in total. The van der Waals surface area contributed by atoms with E-state index in [1.54, 1.807) is 14.0 Å². The summed E-state index contributed by atoms with van der Waals surface area (Å²) in [6.45, 7) is 5.91. The third kappa shape index (κ3) is 4.77. The number of methoxy groups -OCH3 is 2. The first kappa shape index (κ1) is 17.0. The van der Waals surface area contributed by atoms with Crippen molar-refractivity contribution in [2.45, 2.75) is 27.2 Å². The number of hydrogen-bond acceptors (Lipinski definition) is 4. The van der Waals surface area contributed by atoms with Crippen molar-refractivity contribution in [2.24, 2.45) is 5.92 Å². The average Bonchev–Trinajstić information content (AvgIpc) is 2.46. The van der Waals surface area contributed by atoms with Gasteiger partial charge in [0.25, 0.3) is 0 Å². The topological polar surface area (TPSA) is 64.6 Å². The molecule has 0 bridgehead atoms. The monoisotopic (exact) mass is 293 g/mol. The predicted octanol–water partition coefficient (Wildman–Crippen LogP) is 1.78. The quantitative estimate of drug-likeness (QED) is 0.812. The third-order valence-electron chi connectivity index (χ3n) is 3.34. The summed E-state index contributed by atoms with van der Waals surface area (Å²) in [6.07, 6.45) is 0.225. The van der Waals surface area contributed by atoms with Gasteiger partial charge in [0.15, 0.2) is 0 Å². The fourth-order valence-electron chi connectivity index (χ4n) is 2.14. The van der Waals surface area contributed by atoms with Crippen LogP contribution in [0.4, 0.5) is 0 Å². The van der Waals surface area contributed by atoms with Gasteiger partial charge in [0.2, 0.25) is 5.91 Å². The van der Waals surface area contributed by atoms with E-state index in [4.69, 9.17) is 4.74 Å². The second-order valence-electron chi connectivity index (χ2n) is 5.17. The molecular weight excluding hydrogens is 270 g/mol. The zero-order valence-electron chi connectivity index (χ0n) is 13.3. The number of amides is 1. The Labute approximate surface area is 125 Å². The molecule has 0 spiro atoms. The number of benzene rings is 1. The van der Waals surface area contributed by atoms with Crippen molar-refractivity contribution in [1.82, 2.24) is 5.32 Å². The van der Waals surface area contributed by atoms with Crippen LogP contribution >= 0.6 is 0 Å². The molecule has 21 heavy (non-hydrogen) atoms. The molecule has 5 nitrogen and oxygen atoms in total. The lowest BCUT2D eigenvalue weighted by molar-refractivity contribution is -0.144. The van der Waals surface area contributed by atoms with E-state index in [2.05, 4.69) is 10.1 Å². The zero-order chi connectivity index (χ0) is 16.0. The summed E-state index contributed by atoms with van der Waals surface area (Å²) in [5, 5.41) is 2.74. The number of carbonyl (C=O) groups excluding carboxylic acids is 2. The maximum atomic E-state index is 12.0.